The largest absolute Gasteiger partial charge is 0.493 e. The number of fused-ring (bicyclic) bond motifs is 1. The second kappa shape index (κ2) is 12.6. The highest BCUT2D eigenvalue weighted by Crippen LogP contribution is 2.38. The molecular formula is C32H37FN2O4. The third kappa shape index (κ3) is 6.43. The van der Waals surface area contributed by atoms with Crippen molar-refractivity contribution in [2.45, 2.75) is 38.3 Å². The summed E-state index contributed by atoms with van der Waals surface area (Å²) in [5, 5.41) is 2.87. The molecule has 0 aromatic heterocycles. The Hall–Kier alpha value is -3.42. The number of amides is 1. The zero-order valence-electron chi connectivity index (χ0n) is 22.7. The fraction of sp³-hybridized carbons (Fsp3) is 0.406. The number of likely N-dealkylation sites (tertiary alicyclic amines) is 1. The van der Waals surface area contributed by atoms with Crippen LogP contribution in [0.4, 0.5) is 4.39 Å². The zero-order chi connectivity index (χ0) is 27.2. The van der Waals surface area contributed by atoms with Crippen LogP contribution in [0.1, 0.15) is 46.3 Å². The highest BCUT2D eigenvalue weighted by Gasteiger charge is 2.37. The standard InChI is InChI=1S/C32H37FN2O4/c1-22-30(21-39-27-12-9-25-20-34-32(36)29(25)19-27)28(23-7-10-26(11-8-23)38-18-17-37-2)14-16-35(22)15-13-24-5-3-4-6-31(24)33/h3-12,19,22,28,30H,13-18,20-21H2,1-2H3,(H,34,36)/t22-,28+,30-/m1/s1. The van der Waals surface area contributed by atoms with Crippen LogP contribution in [0, 0.1) is 11.7 Å². The Bertz CT molecular complexity index is 1270. The molecule has 206 valence electrons. The number of carbonyl (C=O) groups is 1. The van der Waals surface area contributed by atoms with E-state index >= 15 is 0 Å². The van der Waals surface area contributed by atoms with Crippen molar-refractivity contribution >= 4 is 5.91 Å². The molecule has 1 fully saturated rings. The first-order valence-corrected chi connectivity index (χ1v) is 13.8. The molecule has 7 heteroatoms. The molecule has 3 aromatic rings. The summed E-state index contributed by atoms with van der Waals surface area (Å²) < 4.78 is 31.5. The second-order valence-corrected chi connectivity index (χ2v) is 10.4. The van der Waals surface area contributed by atoms with Gasteiger partial charge in [0.05, 0.1) is 13.2 Å². The molecule has 3 atom stereocenters. The van der Waals surface area contributed by atoms with Crippen molar-refractivity contribution in [2.24, 2.45) is 5.92 Å². The number of methoxy groups -OCH3 is 1. The monoisotopic (exact) mass is 532 g/mol. The first-order valence-electron chi connectivity index (χ1n) is 13.8. The zero-order valence-corrected chi connectivity index (χ0v) is 22.7. The Morgan fingerprint density at radius 2 is 1.79 bits per heavy atom. The molecule has 0 spiro atoms. The van der Waals surface area contributed by atoms with E-state index in [0.717, 1.165) is 36.4 Å². The lowest BCUT2D eigenvalue weighted by Crippen LogP contribution is -2.49. The quantitative estimate of drug-likeness (QED) is 0.344. The normalized spacial score (nSPS) is 20.9. The SMILES string of the molecule is COCCOc1ccc([C@@H]2CCN(CCc3ccccc3F)[C@H](C)[C@H]2COc2ccc3c(c2)C(=O)NC3)cc1. The van der Waals surface area contributed by atoms with E-state index in [1.807, 2.05) is 42.5 Å². The van der Waals surface area contributed by atoms with E-state index in [2.05, 4.69) is 29.3 Å². The van der Waals surface area contributed by atoms with Crippen molar-refractivity contribution in [3.63, 3.8) is 0 Å². The molecule has 1 N–H and O–H groups in total. The first kappa shape index (κ1) is 27.2. The van der Waals surface area contributed by atoms with Crippen LogP contribution in [0.3, 0.4) is 0 Å². The molecule has 0 aliphatic carbocycles. The van der Waals surface area contributed by atoms with E-state index in [9.17, 15) is 9.18 Å². The maximum Gasteiger partial charge on any atom is 0.252 e. The Morgan fingerprint density at radius 3 is 2.59 bits per heavy atom. The predicted octanol–water partition coefficient (Wildman–Crippen LogP) is 5.21. The minimum absolute atomic E-state index is 0.0495. The van der Waals surface area contributed by atoms with E-state index in [0.29, 0.717) is 50.0 Å². The van der Waals surface area contributed by atoms with Crippen LogP contribution in [0.15, 0.2) is 66.7 Å². The number of rotatable bonds is 11. The molecule has 39 heavy (non-hydrogen) atoms. The van der Waals surface area contributed by atoms with Gasteiger partial charge in [-0.15, -0.1) is 0 Å². The highest BCUT2D eigenvalue weighted by atomic mass is 19.1. The maximum absolute atomic E-state index is 14.3. The van der Waals surface area contributed by atoms with E-state index in [1.54, 1.807) is 13.2 Å². The average Bonchev–Trinajstić information content (AvgIpc) is 3.33. The molecule has 0 unspecified atom stereocenters. The summed E-state index contributed by atoms with van der Waals surface area (Å²) in [6.07, 6.45) is 1.65. The molecule has 1 saturated heterocycles. The summed E-state index contributed by atoms with van der Waals surface area (Å²) >= 11 is 0. The molecule has 2 aliphatic heterocycles. The summed E-state index contributed by atoms with van der Waals surface area (Å²) in [5.74, 6) is 1.86. The van der Waals surface area contributed by atoms with Gasteiger partial charge in [-0.05, 0) is 79.3 Å². The summed E-state index contributed by atoms with van der Waals surface area (Å²) in [4.78, 5) is 14.6. The lowest BCUT2D eigenvalue weighted by Gasteiger charge is -2.44. The van der Waals surface area contributed by atoms with Crippen molar-refractivity contribution < 1.29 is 23.4 Å². The van der Waals surface area contributed by atoms with E-state index in [4.69, 9.17) is 14.2 Å². The van der Waals surface area contributed by atoms with Gasteiger partial charge in [0.2, 0.25) is 0 Å². The van der Waals surface area contributed by atoms with Crippen molar-refractivity contribution in [2.75, 3.05) is 40.0 Å². The molecule has 6 nitrogen and oxygen atoms in total. The summed E-state index contributed by atoms with van der Waals surface area (Å²) in [6, 6.07) is 21.4. The van der Waals surface area contributed by atoms with Gasteiger partial charge in [-0.1, -0.05) is 36.4 Å². The van der Waals surface area contributed by atoms with Gasteiger partial charge in [-0.2, -0.15) is 0 Å². The number of piperidine rings is 1. The topological polar surface area (TPSA) is 60.0 Å². The molecule has 1 amide bonds. The Balaban J connectivity index is 1.31. The van der Waals surface area contributed by atoms with Gasteiger partial charge < -0.3 is 19.5 Å². The van der Waals surface area contributed by atoms with Crippen molar-refractivity contribution in [1.29, 1.82) is 0 Å². The molecular weight excluding hydrogens is 495 g/mol. The number of nitrogens with one attached hydrogen (secondary N) is 1. The fourth-order valence-corrected chi connectivity index (χ4v) is 5.81. The molecule has 3 aromatic carbocycles. The molecule has 0 radical (unpaired) electrons. The van der Waals surface area contributed by atoms with Gasteiger partial charge >= 0.3 is 0 Å². The number of nitrogens with zero attached hydrogens (tertiary/aromatic N) is 1. The summed E-state index contributed by atoms with van der Waals surface area (Å²) in [6.45, 7) is 6.13. The summed E-state index contributed by atoms with van der Waals surface area (Å²) in [7, 11) is 1.66. The van der Waals surface area contributed by atoms with Gasteiger partial charge in [0.25, 0.3) is 5.91 Å². The summed E-state index contributed by atoms with van der Waals surface area (Å²) in [5.41, 5.74) is 3.71. The third-order valence-corrected chi connectivity index (χ3v) is 8.14. The van der Waals surface area contributed by atoms with Crippen LogP contribution in [0.5, 0.6) is 11.5 Å². The van der Waals surface area contributed by atoms with Gasteiger partial charge in [-0.3, -0.25) is 9.69 Å². The van der Waals surface area contributed by atoms with E-state index in [-0.39, 0.29) is 23.7 Å². The lowest BCUT2D eigenvalue weighted by atomic mass is 9.76. The van der Waals surface area contributed by atoms with Crippen LogP contribution >= 0.6 is 0 Å². The predicted molar refractivity (Wildman–Crippen MR) is 149 cm³/mol. The van der Waals surface area contributed by atoms with E-state index in [1.165, 1.54) is 11.6 Å². The van der Waals surface area contributed by atoms with Crippen LogP contribution in [-0.2, 0) is 17.7 Å². The number of ether oxygens (including phenoxy) is 3. The van der Waals surface area contributed by atoms with Crippen molar-refractivity contribution in [1.82, 2.24) is 10.2 Å². The maximum atomic E-state index is 14.3. The van der Waals surface area contributed by atoms with Gasteiger partial charge in [-0.25, -0.2) is 4.39 Å². The number of halogens is 1. The second-order valence-electron chi connectivity index (χ2n) is 10.4. The van der Waals surface area contributed by atoms with Gasteiger partial charge in [0, 0.05) is 37.7 Å². The molecule has 2 aliphatic rings. The molecule has 5 rings (SSSR count). The minimum atomic E-state index is -0.145. The number of hydrogen-bond donors (Lipinski definition) is 1. The molecule has 0 saturated carbocycles. The van der Waals surface area contributed by atoms with Gasteiger partial charge in [0.1, 0.15) is 23.9 Å². The number of hydrogen-bond acceptors (Lipinski definition) is 5. The molecule has 2 heterocycles. The van der Waals surface area contributed by atoms with E-state index < -0.39 is 0 Å². The number of benzene rings is 3. The Kier molecular flexibility index (Phi) is 8.79. The lowest BCUT2D eigenvalue weighted by molar-refractivity contribution is 0.0568. The van der Waals surface area contributed by atoms with Gasteiger partial charge in [0.15, 0.2) is 0 Å². The minimum Gasteiger partial charge on any atom is -0.493 e. The van der Waals surface area contributed by atoms with Crippen molar-refractivity contribution in [3.05, 3.63) is 94.8 Å². The third-order valence-electron chi connectivity index (χ3n) is 8.14. The number of carbonyl (C=O) groups excluding carboxylic acids is 1. The Labute approximate surface area is 230 Å². The van der Waals surface area contributed by atoms with Crippen LogP contribution in [0.25, 0.3) is 0 Å². The van der Waals surface area contributed by atoms with Crippen LogP contribution in [-0.4, -0.2) is 56.9 Å². The fourth-order valence-electron chi connectivity index (χ4n) is 5.81. The smallest absolute Gasteiger partial charge is 0.252 e. The molecule has 0 bridgehead atoms. The average molecular weight is 533 g/mol. The van der Waals surface area contributed by atoms with Crippen molar-refractivity contribution in [3.8, 4) is 11.5 Å². The Morgan fingerprint density at radius 1 is 1.00 bits per heavy atom. The first-order chi connectivity index (χ1) is 19.0. The van der Waals surface area contributed by atoms with Crippen LogP contribution < -0.4 is 14.8 Å². The van der Waals surface area contributed by atoms with Crippen LogP contribution in [0.2, 0.25) is 0 Å². The highest BCUT2D eigenvalue weighted by molar-refractivity contribution is 5.98.